The van der Waals surface area contributed by atoms with Crippen LogP contribution in [0.15, 0.2) is 65.3 Å². The summed E-state index contributed by atoms with van der Waals surface area (Å²) < 4.78 is 68.4. The lowest BCUT2D eigenvalue weighted by atomic mass is 9.84. The summed E-state index contributed by atoms with van der Waals surface area (Å²) in [5, 5.41) is 37.7. The number of esters is 1. The molecular weight excluding hydrogens is 1450 g/mol. The van der Waals surface area contributed by atoms with Gasteiger partial charge < -0.3 is 19.6 Å². The number of rotatable bonds is 52. The molecule has 0 fully saturated rings. The number of ether oxygens (including phenoxy) is 2. The molecule has 27 heteroatoms. The van der Waals surface area contributed by atoms with Crippen molar-refractivity contribution in [2.45, 2.75) is 322 Å². The Bertz CT molecular complexity index is 4180. The molecule has 0 aliphatic carbocycles. The molecule has 8 rings (SSSR count). The zero-order valence-electron chi connectivity index (χ0n) is 66.8. The number of carbonyl (C=O) groups excluding carboxylic acids is 2. The van der Waals surface area contributed by atoms with Gasteiger partial charge in [-0.1, -0.05) is 232 Å². The Morgan fingerprint density at radius 3 is 1.63 bits per heavy atom. The van der Waals surface area contributed by atoms with Crippen molar-refractivity contribution in [3.8, 4) is 11.5 Å². The lowest BCUT2D eigenvalue weighted by Crippen LogP contribution is -2.21. The predicted molar refractivity (Wildman–Crippen MR) is 436 cm³/mol. The minimum absolute atomic E-state index is 0.0737. The number of hydroxylamine groups is 1. The maximum Gasteiger partial charge on any atom is 0.337 e. The average molecular weight is 1580 g/mol. The van der Waals surface area contributed by atoms with E-state index in [-0.39, 0.29) is 34.2 Å². The number of anilines is 1. The van der Waals surface area contributed by atoms with Crippen molar-refractivity contribution in [2.24, 2.45) is 0 Å². The SMILES string of the molecule is CCCCCCCC/C(=C/ONCCCc1nnc2c(Cl)c(C)[nH]n12)CCCCCC.CCCCCCCCCCCC(=O)Nc1ccc(S(=O)(=O)C(CC)c2nnc3c(Oc4ccc(C(=O)OC)cc4)c(C)[nH]n23)cc1.CCCCCCCCCCCCS(=O)(=O)CCCC(C)(C)c1[nH]n2c(C)nnc2c1Cl. The molecule has 5 N–H and O–H groups in total. The standard InChI is InChI=1S/C34H45N5O6S.C24H42ClN5O.C23H41ClN4O2S/c1-5-7-8-9-10-11-12-13-14-15-30(40)35-26-18-22-28(23-19-26)46(42,43)29(6-2)32-36-37-33-31(24(3)38-39(32)33)45-27-20-16-25(17-21-27)34(41)44-4;1-4-6-8-10-11-13-16-21(15-12-9-7-5-2)19-31-26-18-14-17-22-27-28-24-23(25)20(3)29-30(22)24;1-5-6-7-8-9-10-11-12-13-14-17-31(29,30)18-15-16-23(3,4)21-20(24)22-26-25-19(2)28(22)27-21/h16-23,29,38H,5-15H2,1-4H3,(H,35,40);19,26,29H,4-18H2,1-3H3;27H,5-18H2,1-4H3/b;21-19+;. The largest absolute Gasteiger partial charge is 0.465 e. The van der Waals surface area contributed by atoms with Crippen molar-refractivity contribution < 1.29 is 40.7 Å². The fraction of sp³-hybridized carbons (Fsp3) is 0.654. The molecule has 6 heterocycles. The molecule has 2 aromatic carbocycles. The fourth-order valence-electron chi connectivity index (χ4n) is 13.3. The third kappa shape index (κ3) is 29.1. The predicted octanol–water partition coefficient (Wildman–Crippen LogP) is 21.2. The zero-order chi connectivity index (χ0) is 78.3. The van der Waals surface area contributed by atoms with Gasteiger partial charge in [-0.2, -0.15) is 5.48 Å². The Morgan fingerprint density at radius 2 is 1.06 bits per heavy atom. The number of benzene rings is 2. The van der Waals surface area contributed by atoms with E-state index < -0.39 is 30.9 Å². The third-order valence-corrected chi connectivity index (χ3v) is 24.8. The zero-order valence-corrected chi connectivity index (χ0v) is 70.0. The molecule has 0 saturated heterocycles. The number of H-pyrrole nitrogens is 3. The van der Waals surface area contributed by atoms with Crippen molar-refractivity contribution >= 4 is 77.4 Å². The number of sulfone groups is 2. The Morgan fingerprint density at radius 1 is 0.556 bits per heavy atom. The van der Waals surface area contributed by atoms with Crippen LogP contribution in [-0.2, 0) is 45.9 Å². The van der Waals surface area contributed by atoms with E-state index in [1.807, 2.05) is 24.6 Å². The molecule has 0 saturated carbocycles. The summed E-state index contributed by atoms with van der Waals surface area (Å²) in [4.78, 5) is 30.0. The smallest absolute Gasteiger partial charge is 0.337 e. The summed E-state index contributed by atoms with van der Waals surface area (Å²) in [6.07, 6.45) is 44.0. The van der Waals surface area contributed by atoms with Crippen LogP contribution in [0.1, 0.15) is 330 Å². The first-order valence-corrected chi connectivity index (χ1v) is 44.5. The van der Waals surface area contributed by atoms with Crippen LogP contribution >= 0.6 is 23.2 Å². The van der Waals surface area contributed by atoms with Crippen molar-refractivity contribution in [1.29, 1.82) is 0 Å². The van der Waals surface area contributed by atoms with Crippen LogP contribution in [0, 0.1) is 20.8 Å². The molecule has 602 valence electrons. The summed E-state index contributed by atoms with van der Waals surface area (Å²) in [6.45, 7) is 21.3. The van der Waals surface area contributed by atoms with E-state index >= 15 is 0 Å². The van der Waals surface area contributed by atoms with Crippen LogP contribution < -0.4 is 15.5 Å². The first-order chi connectivity index (χ1) is 52.0. The molecule has 1 amide bonds. The Kier molecular flexibility index (Phi) is 40.1. The first kappa shape index (κ1) is 90.1. The summed E-state index contributed by atoms with van der Waals surface area (Å²) in [5.74, 6) is 2.74. The Hall–Kier alpha value is -6.80. The number of amides is 1. The number of aryl methyl sites for hydroxylation is 4. The number of allylic oxidation sites excluding steroid dienone is 1. The van der Waals surface area contributed by atoms with Gasteiger partial charge in [-0.25, -0.2) is 35.2 Å². The van der Waals surface area contributed by atoms with Crippen molar-refractivity contribution in [1.82, 2.24) is 64.9 Å². The maximum absolute atomic E-state index is 13.8. The monoisotopic (exact) mass is 1570 g/mol. The second kappa shape index (κ2) is 48.1. The molecule has 1 unspecified atom stereocenters. The van der Waals surface area contributed by atoms with Crippen molar-refractivity contribution in [3.63, 3.8) is 0 Å². The molecule has 6 aromatic heterocycles. The van der Waals surface area contributed by atoms with Gasteiger partial charge in [0, 0.05) is 30.5 Å². The number of hydrogen-bond donors (Lipinski definition) is 5. The van der Waals surface area contributed by atoms with Crippen LogP contribution in [-0.4, -0.2) is 113 Å². The van der Waals surface area contributed by atoms with E-state index in [0.717, 1.165) is 100 Å². The van der Waals surface area contributed by atoms with E-state index in [2.05, 4.69) is 98.2 Å². The van der Waals surface area contributed by atoms with Crippen molar-refractivity contribution in [2.75, 3.05) is 30.5 Å². The molecule has 0 aliphatic heterocycles. The van der Waals surface area contributed by atoms with Gasteiger partial charge in [0.15, 0.2) is 38.5 Å². The minimum Gasteiger partial charge on any atom is -0.465 e. The number of carbonyl (C=O) groups is 2. The summed E-state index contributed by atoms with van der Waals surface area (Å²) in [7, 11) is -5.54. The number of halogens is 2. The first-order valence-electron chi connectivity index (χ1n) is 40.4. The van der Waals surface area contributed by atoms with E-state index in [0.29, 0.717) is 74.0 Å². The number of methoxy groups -OCH3 is 1. The highest BCUT2D eigenvalue weighted by atomic mass is 35.5. The number of aromatic nitrogens is 12. The average Bonchev–Trinajstić information content (AvgIpc) is 1.61. The molecule has 8 aromatic rings. The Balaban J connectivity index is 0.000000262. The second-order valence-corrected chi connectivity index (χ2v) is 34.8. The lowest BCUT2D eigenvalue weighted by molar-refractivity contribution is -0.116. The molecule has 23 nitrogen and oxygen atoms in total. The topological polar surface area (TPSA) is 292 Å². The van der Waals surface area contributed by atoms with Crippen LogP contribution in [0.25, 0.3) is 16.9 Å². The van der Waals surface area contributed by atoms with E-state index in [9.17, 15) is 26.4 Å². The summed E-state index contributed by atoms with van der Waals surface area (Å²) in [6, 6.07) is 12.7. The number of hydrogen-bond acceptors (Lipinski definition) is 16. The molecule has 0 aliphatic rings. The summed E-state index contributed by atoms with van der Waals surface area (Å²) in [5.41, 5.74) is 9.28. The molecule has 0 radical (unpaired) electrons. The number of nitrogens with one attached hydrogen (secondary N) is 5. The van der Waals surface area contributed by atoms with Crippen molar-refractivity contribution in [3.05, 3.63) is 111 Å². The van der Waals surface area contributed by atoms with Crippen LogP contribution in [0.4, 0.5) is 5.69 Å². The number of fused-ring (bicyclic) bond motifs is 3. The second-order valence-electron chi connectivity index (χ2n) is 29.6. The number of aromatic amines is 3. The van der Waals surface area contributed by atoms with Gasteiger partial charge in [0.2, 0.25) is 11.6 Å². The number of unbranched alkanes of at least 4 members (excludes halogenated alkanes) is 25. The fourth-order valence-corrected chi connectivity index (χ4v) is 17.1. The van der Waals surface area contributed by atoms with Gasteiger partial charge in [-0.05, 0) is 139 Å². The van der Waals surface area contributed by atoms with Gasteiger partial charge in [-0.3, -0.25) is 20.1 Å². The number of nitrogens with zero attached hydrogens (tertiary/aromatic N) is 9. The normalized spacial score (nSPS) is 12.4. The highest BCUT2D eigenvalue weighted by Gasteiger charge is 2.34. The third-order valence-electron chi connectivity index (χ3n) is 19.9. The van der Waals surface area contributed by atoms with Gasteiger partial charge in [0.1, 0.15) is 43.0 Å². The van der Waals surface area contributed by atoms with E-state index in [1.54, 1.807) is 54.8 Å². The van der Waals surface area contributed by atoms with Gasteiger partial charge in [-0.15, -0.1) is 30.6 Å². The highest BCUT2D eigenvalue weighted by molar-refractivity contribution is 7.91. The van der Waals surface area contributed by atoms with Crippen LogP contribution in [0.2, 0.25) is 10.0 Å². The molecule has 108 heavy (non-hydrogen) atoms. The molecule has 1 atom stereocenters. The van der Waals surface area contributed by atoms with Gasteiger partial charge in [0.25, 0.3) is 0 Å². The van der Waals surface area contributed by atoms with Crippen LogP contribution in [0.3, 0.4) is 0 Å². The van der Waals surface area contributed by atoms with Gasteiger partial charge in [0.05, 0.1) is 46.2 Å². The lowest BCUT2D eigenvalue weighted by Gasteiger charge is -2.23. The minimum atomic E-state index is -3.86. The van der Waals surface area contributed by atoms with E-state index in [1.165, 1.54) is 177 Å². The van der Waals surface area contributed by atoms with Gasteiger partial charge >= 0.3 is 5.97 Å². The van der Waals surface area contributed by atoms with Crippen LogP contribution in [0.5, 0.6) is 11.5 Å². The highest BCUT2D eigenvalue weighted by Crippen LogP contribution is 2.37. The molecular formula is C81H128Cl2N14O9S2. The molecule has 0 bridgehead atoms. The quantitative estimate of drug-likeness (QED) is 0.0102. The van der Waals surface area contributed by atoms with E-state index in [4.69, 9.17) is 37.5 Å². The molecule has 0 spiro atoms. The maximum atomic E-state index is 13.8. The summed E-state index contributed by atoms with van der Waals surface area (Å²) >= 11 is 12.7. The Labute approximate surface area is 653 Å².